The van der Waals surface area contributed by atoms with Gasteiger partial charge in [-0.25, -0.2) is 4.79 Å². The summed E-state index contributed by atoms with van der Waals surface area (Å²) in [5, 5.41) is 9.20. The number of hydrogen-bond donors (Lipinski definition) is 1. The molecule has 86 valence electrons. The van der Waals surface area contributed by atoms with Crippen molar-refractivity contribution in [2.45, 2.75) is 39.5 Å². The Morgan fingerprint density at radius 2 is 2.25 bits per heavy atom. The third-order valence-corrected chi connectivity index (χ3v) is 5.81. The minimum absolute atomic E-state index is 0.410. The minimum Gasteiger partial charge on any atom is -0.477 e. The van der Waals surface area contributed by atoms with E-state index in [1.807, 2.05) is 0 Å². The molecule has 0 bridgehead atoms. The molecule has 0 saturated heterocycles. The molecule has 1 aromatic rings. The molecule has 1 fully saturated rings. The van der Waals surface area contributed by atoms with Gasteiger partial charge in [-0.3, -0.25) is 0 Å². The van der Waals surface area contributed by atoms with Crippen molar-refractivity contribution in [2.75, 3.05) is 0 Å². The van der Waals surface area contributed by atoms with E-state index in [9.17, 15) is 9.90 Å². The number of aromatic carboxylic acids is 1. The lowest BCUT2D eigenvalue weighted by Gasteiger charge is -2.09. The molecule has 0 aliphatic heterocycles. The summed E-state index contributed by atoms with van der Waals surface area (Å²) < 4.78 is 0. The number of hydrogen-bond acceptors (Lipinski definition) is 2. The van der Waals surface area contributed by atoms with Crippen molar-refractivity contribution in [1.82, 2.24) is 0 Å². The first-order valence-corrected chi connectivity index (χ1v) is 6.67. The summed E-state index contributed by atoms with van der Waals surface area (Å²) in [7, 11) is 0. The van der Waals surface area contributed by atoms with Crippen molar-refractivity contribution < 1.29 is 9.90 Å². The average molecular weight is 236 g/mol. The highest BCUT2D eigenvalue weighted by Gasteiger charge is 2.63. The molecule has 1 heterocycles. The first-order valence-electron chi connectivity index (χ1n) is 5.86. The van der Waals surface area contributed by atoms with Gasteiger partial charge in [-0.2, -0.15) is 0 Å². The average Bonchev–Trinajstić information content (AvgIpc) is 2.57. The Bertz CT molecular complexity index is 484. The zero-order chi connectivity index (χ0) is 11.7. The first kappa shape index (κ1) is 10.3. The van der Waals surface area contributed by atoms with Gasteiger partial charge in [0.15, 0.2) is 0 Å². The zero-order valence-electron chi connectivity index (χ0n) is 9.83. The monoisotopic (exact) mass is 236 g/mol. The molecule has 0 spiro atoms. The van der Waals surface area contributed by atoms with Crippen LogP contribution < -0.4 is 0 Å². The predicted molar refractivity (Wildman–Crippen MR) is 64.4 cm³/mol. The quantitative estimate of drug-likeness (QED) is 0.855. The molecule has 0 aromatic carbocycles. The number of carboxylic acids is 1. The molecule has 3 rings (SSSR count). The van der Waals surface area contributed by atoms with Crippen LogP contribution in [0.5, 0.6) is 0 Å². The Balaban J connectivity index is 2.14. The van der Waals surface area contributed by atoms with Crippen LogP contribution in [0.4, 0.5) is 0 Å². The molecule has 3 heteroatoms. The lowest BCUT2D eigenvalue weighted by Crippen LogP contribution is -2.03. The van der Waals surface area contributed by atoms with E-state index < -0.39 is 5.97 Å². The summed E-state index contributed by atoms with van der Waals surface area (Å²) in [6.45, 7) is 6.74. The van der Waals surface area contributed by atoms with Crippen molar-refractivity contribution in [3.63, 3.8) is 0 Å². The van der Waals surface area contributed by atoms with E-state index >= 15 is 0 Å². The van der Waals surface area contributed by atoms with Crippen LogP contribution >= 0.6 is 11.3 Å². The Kier molecular flexibility index (Phi) is 1.87. The molecule has 2 aliphatic carbocycles. The summed E-state index contributed by atoms with van der Waals surface area (Å²) in [5.41, 5.74) is 2.97. The Hall–Kier alpha value is -0.830. The molecule has 2 nitrogen and oxygen atoms in total. The van der Waals surface area contributed by atoms with Gasteiger partial charge in [0.2, 0.25) is 0 Å². The number of aryl methyl sites for hydroxylation is 1. The van der Waals surface area contributed by atoms with Crippen LogP contribution in [-0.2, 0) is 12.8 Å². The van der Waals surface area contributed by atoms with Gasteiger partial charge in [0, 0.05) is 4.88 Å². The SMILES string of the molecule is CCc1sc(C(=O)O)c2c1C1C(C2)C1(C)C. The molecule has 1 aromatic heterocycles. The van der Waals surface area contributed by atoms with E-state index in [0.717, 1.165) is 18.4 Å². The molecule has 16 heavy (non-hydrogen) atoms. The summed E-state index contributed by atoms with van der Waals surface area (Å²) in [6, 6.07) is 0. The van der Waals surface area contributed by atoms with Gasteiger partial charge in [0.25, 0.3) is 0 Å². The maximum absolute atomic E-state index is 11.2. The molecular weight excluding hydrogens is 220 g/mol. The highest BCUT2D eigenvalue weighted by molar-refractivity contribution is 7.14. The second-order valence-corrected chi connectivity index (χ2v) is 6.62. The van der Waals surface area contributed by atoms with Gasteiger partial charge in [0.05, 0.1) is 0 Å². The maximum atomic E-state index is 11.2. The van der Waals surface area contributed by atoms with Gasteiger partial charge >= 0.3 is 5.97 Å². The van der Waals surface area contributed by atoms with Crippen molar-refractivity contribution >= 4 is 17.3 Å². The van der Waals surface area contributed by atoms with Gasteiger partial charge in [0.1, 0.15) is 4.88 Å². The smallest absolute Gasteiger partial charge is 0.346 e. The van der Waals surface area contributed by atoms with Crippen LogP contribution in [0.25, 0.3) is 0 Å². The van der Waals surface area contributed by atoms with Gasteiger partial charge in [-0.05, 0) is 41.2 Å². The fraction of sp³-hybridized carbons (Fsp3) is 0.615. The van der Waals surface area contributed by atoms with Crippen molar-refractivity contribution in [2.24, 2.45) is 11.3 Å². The number of carbonyl (C=O) groups is 1. The number of thiophene rings is 1. The van der Waals surface area contributed by atoms with Crippen molar-refractivity contribution in [3.05, 3.63) is 20.9 Å². The van der Waals surface area contributed by atoms with Crippen molar-refractivity contribution in [3.8, 4) is 0 Å². The first-order chi connectivity index (χ1) is 7.48. The zero-order valence-corrected chi connectivity index (χ0v) is 10.6. The van der Waals surface area contributed by atoms with Crippen LogP contribution in [-0.4, -0.2) is 11.1 Å². The van der Waals surface area contributed by atoms with Crippen LogP contribution in [0.2, 0.25) is 0 Å². The Morgan fingerprint density at radius 1 is 1.56 bits per heavy atom. The maximum Gasteiger partial charge on any atom is 0.346 e. The van der Waals surface area contributed by atoms with E-state index in [4.69, 9.17) is 0 Å². The standard InChI is InChI=1S/C13H16O2S/c1-4-8-9-6(11(16-8)12(14)15)5-7-10(9)13(7,2)3/h7,10H,4-5H2,1-3H3,(H,14,15). The van der Waals surface area contributed by atoms with E-state index in [0.29, 0.717) is 22.1 Å². The van der Waals surface area contributed by atoms with E-state index in [-0.39, 0.29) is 0 Å². The van der Waals surface area contributed by atoms with Gasteiger partial charge in [-0.15, -0.1) is 11.3 Å². The van der Waals surface area contributed by atoms with Crippen LogP contribution in [0, 0.1) is 11.3 Å². The Labute approximate surface area is 99.3 Å². The highest BCUT2D eigenvalue weighted by Crippen LogP contribution is 2.71. The molecule has 2 aliphatic rings. The van der Waals surface area contributed by atoms with Crippen LogP contribution in [0.1, 0.15) is 52.4 Å². The van der Waals surface area contributed by atoms with Gasteiger partial charge < -0.3 is 5.11 Å². The molecule has 1 saturated carbocycles. The summed E-state index contributed by atoms with van der Waals surface area (Å²) in [6.07, 6.45) is 1.96. The predicted octanol–water partition coefficient (Wildman–Crippen LogP) is 3.30. The third kappa shape index (κ3) is 1.05. The van der Waals surface area contributed by atoms with Crippen LogP contribution in [0.3, 0.4) is 0 Å². The summed E-state index contributed by atoms with van der Waals surface area (Å²) >= 11 is 1.50. The Morgan fingerprint density at radius 3 is 2.81 bits per heavy atom. The second-order valence-electron chi connectivity index (χ2n) is 5.51. The lowest BCUT2D eigenvalue weighted by molar-refractivity contribution is 0.0701. The number of fused-ring (bicyclic) bond motifs is 3. The molecule has 2 atom stereocenters. The topological polar surface area (TPSA) is 37.3 Å². The van der Waals surface area contributed by atoms with E-state index in [2.05, 4.69) is 20.8 Å². The molecule has 2 unspecified atom stereocenters. The fourth-order valence-electron chi connectivity index (χ4n) is 3.45. The van der Waals surface area contributed by atoms with E-state index in [1.165, 1.54) is 21.8 Å². The molecule has 0 radical (unpaired) electrons. The summed E-state index contributed by atoms with van der Waals surface area (Å²) in [5.74, 6) is 0.608. The summed E-state index contributed by atoms with van der Waals surface area (Å²) in [4.78, 5) is 13.1. The fourth-order valence-corrected chi connectivity index (χ4v) is 4.60. The highest BCUT2D eigenvalue weighted by atomic mass is 32.1. The van der Waals surface area contributed by atoms with Crippen molar-refractivity contribution in [1.29, 1.82) is 0 Å². The largest absolute Gasteiger partial charge is 0.477 e. The second kappa shape index (κ2) is 2.89. The lowest BCUT2D eigenvalue weighted by atomic mass is 9.95. The normalized spacial score (nSPS) is 28.7. The number of carboxylic acid groups (broad SMARTS) is 1. The molecular formula is C13H16O2S. The third-order valence-electron chi connectivity index (χ3n) is 4.43. The van der Waals surface area contributed by atoms with E-state index in [1.54, 1.807) is 0 Å². The van der Waals surface area contributed by atoms with Gasteiger partial charge in [-0.1, -0.05) is 20.8 Å². The molecule has 0 amide bonds. The number of rotatable bonds is 2. The molecule has 1 N–H and O–H groups in total. The minimum atomic E-state index is -0.736. The van der Waals surface area contributed by atoms with Crippen LogP contribution in [0.15, 0.2) is 0 Å².